The first-order valence-electron chi connectivity index (χ1n) is 2.01. The van der Waals surface area contributed by atoms with Gasteiger partial charge in [-0.3, -0.25) is 0 Å². The Morgan fingerprint density at radius 1 is 1.10 bits per heavy atom. The Morgan fingerprint density at radius 2 is 1.40 bits per heavy atom. The van der Waals surface area contributed by atoms with Crippen LogP contribution in [0.15, 0.2) is 0 Å². The van der Waals surface area contributed by atoms with Gasteiger partial charge in [-0.1, -0.05) is 0 Å². The van der Waals surface area contributed by atoms with E-state index in [4.69, 9.17) is 10.5 Å². The molecule has 56 valence electrons. The van der Waals surface area contributed by atoms with Crippen LogP contribution in [-0.4, -0.2) is 12.5 Å². The summed E-state index contributed by atoms with van der Waals surface area (Å²) >= 11 is 2.08. The zero-order valence-electron chi connectivity index (χ0n) is 5.53. The Bertz CT molecular complexity index is 114. The van der Waals surface area contributed by atoms with Gasteiger partial charge in [-0.25, -0.2) is 0 Å². The van der Waals surface area contributed by atoms with E-state index in [-0.39, 0.29) is 0 Å². The maximum absolute atomic E-state index is 7.61. The fourth-order valence-corrected chi connectivity index (χ4v) is 0.142. The number of nitrogens with zero attached hydrogens (tertiary/aromatic N) is 2. The average Bonchev–Trinajstić information content (AvgIpc) is 1.91. The molecule has 0 saturated heterocycles. The van der Waals surface area contributed by atoms with E-state index < -0.39 is 0 Å². The Balaban J connectivity index is 0. The number of thioether (sulfide) groups is 1. The van der Waals surface area contributed by atoms with E-state index >= 15 is 0 Å². The van der Waals surface area contributed by atoms with E-state index in [1.165, 1.54) is 12.5 Å². The van der Waals surface area contributed by atoms with Crippen molar-refractivity contribution in [3.05, 3.63) is 0 Å². The van der Waals surface area contributed by atoms with Crippen molar-refractivity contribution in [2.45, 2.75) is 0 Å². The van der Waals surface area contributed by atoms with Crippen LogP contribution in [0.3, 0.4) is 0 Å². The number of hydrogen-bond donors (Lipinski definition) is 0. The zero-order valence-corrected chi connectivity index (χ0v) is 7.16. The monoisotopic (exact) mass is 178 g/mol. The lowest BCUT2D eigenvalue weighted by molar-refractivity contribution is 0.485. The second-order valence-electron chi connectivity index (χ2n) is 0.826. The van der Waals surface area contributed by atoms with Crippen LogP contribution in [0, 0.1) is 23.0 Å². The first-order valence-corrected chi connectivity index (χ1v) is 4.30. The minimum Gasteiger partial charge on any atom is -0.311 e. The zero-order chi connectivity index (χ0) is 8.24. The predicted molar refractivity (Wildman–Crippen MR) is 40.4 cm³/mol. The fraction of sp³-hybridized carbons (Fsp3) is 0.500. The quantitative estimate of drug-likeness (QED) is 0.363. The first kappa shape index (κ1) is 12.0. The van der Waals surface area contributed by atoms with Gasteiger partial charge in [0.2, 0.25) is 0 Å². The molecular weight excluding hydrogens is 172 g/mol. The highest BCUT2D eigenvalue weighted by molar-refractivity contribution is 7.97. The van der Waals surface area contributed by atoms with Crippen molar-refractivity contribution < 1.29 is 8.37 Å². The Labute approximate surface area is 68.5 Å². The summed E-state index contributed by atoms with van der Waals surface area (Å²) in [6.45, 7) is 0. The van der Waals surface area contributed by atoms with E-state index in [0.717, 1.165) is 0 Å². The van der Waals surface area contributed by atoms with Crippen molar-refractivity contribution in [1.29, 1.82) is 10.5 Å². The third-order valence-electron chi connectivity index (χ3n) is 0.143. The molecule has 0 atom stereocenters. The highest BCUT2D eigenvalue weighted by Gasteiger charge is 1.80. The van der Waals surface area contributed by atoms with Crippen molar-refractivity contribution in [3.8, 4) is 12.5 Å². The molecule has 0 aromatic heterocycles. The molecule has 0 aliphatic carbocycles. The third-order valence-corrected chi connectivity index (χ3v) is 0.428. The molecule has 0 aromatic carbocycles. The second kappa shape index (κ2) is 15.7. The van der Waals surface area contributed by atoms with E-state index in [9.17, 15) is 0 Å². The molecule has 0 N–H and O–H groups in total. The average molecular weight is 178 g/mol. The smallest absolute Gasteiger partial charge is 0.311 e. The summed E-state index contributed by atoms with van der Waals surface area (Å²) in [6.07, 6.45) is 6.66. The van der Waals surface area contributed by atoms with Crippen molar-refractivity contribution >= 4 is 24.1 Å². The lowest BCUT2D eigenvalue weighted by atomic mass is 11.6. The highest BCUT2D eigenvalue weighted by Crippen LogP contribution is 1.98. The van der Waals surface area contributed by atoms with Crippen molar-refractivity contribution in [3.63, 3.8) is 0 Å². The maximum atomic E-state index is 7.61. The minimum absolute atomic E-state index is 0.331. The first-order chi connectivity index (χ1) is 4.83. The van der Waals surface area contributed by atoms with Gasteiger partial charge in [0, 0.05) is 0 Å². The molecule has 4 nitrogen and oxygen atoms in total. The summed E-state index contributed by atoms with van der Waals surface area (Å²) in [5, 5.41) is 15.2. The molecule has 0 heterocycles. The van der Waals surface area contributed by atoms with Gasteiger partial charge in [-0.15, -0.1) is 10.5 Å². The van der Waals surface area contributed by atoms with Gasteiger partial charge >= 0.3 is 24.8 Å². The molecule has 10 heavy (non-hydrogen) atoms. The summed E-state index contributed by atoms with van der Waals surface area (Å²) in [7, 11) is 0. The van der Waals surface area contributed by atoms with Crippen LogP contribution in [-0.2, 0) is 8.37 Å². The van der Waals surface area contributed by atoms with E-state index in [2.05, 4.69) is 8.37 Å². The summed E-state index contributed by atoms with van der Waals surface area (Å²) in [4.78, 5) is 0. The molecule has 0 amide bonds. The maximum Gasteiger partial charge on any atom is 0.316 e. The molecule has 0 aliphatic heterocycles. The molecule has 6 heteroatoms. The standard InChI is InChI=1S/C2N2O2S.C2H6S/c3-1-5-7-6-2-4;1-3-2/h;1-2H3. The molecule has 0 spiro atoms. The van der Waals surface area contributed by atoms with Crippen molar-refractivity contribution in [2.24, 2.45) is 0 Å². The fourth-order valence-electron chi connectivity index (χ4n) is 0.0474. The van der Waals surface area contributed by atoms with Gasteiger partial charge in [0.1, 0.15) is 0 Å². The van der Waals surface area contributed by atoms with Gasteiger partial charge in [0.25, 0.3) is 0 Å². The van der Waals surface area contributed by atoms with E-state index in [1.807, 2.05) is 12.5 Å². The lowest BCUT2D eigenvalue weighted by Crippen LogP contribution is -1.64. The van der Waals surface area contributed by atoms with E-state index in [1.54, 1.807) is 11.8 Å². The number of rotatable bonds is 2. The molecule has 0 rings (SSSR count). The van der Waals surface area contributed by atoms with Gasteiger partial charge < -0.3 is 8.37 Å². The normalized spacial score (nSPS) is 5.60. The van der Waals surface area contributed by atoms with Crippen LogP contribution in [0.4, 0.5) is 0 Å². The molecule has 0 aliphatic rings. The molecular formula is C4H6N2O2S2. The minimum atomic E-state index is 0.331. The molecule has 0 aromatic rings. The van der Waals surface area contributed by atoms with Gasteiger partial charge in [0.05, 0.1) is 0 Å². The third kappa shape index (κ3) is 26.7. The Morgan fingerprint density at radius 3 is 1.60 bits per heavy atom. The van der Waals surface area contributed by atoms with Crippen LogP contribution in [0.1, 0.15) is 0 Å². The molecule has 0 fully saturated rings. The Kier molecular flexibility index (Phi) is 18.9. The summed E-state index contributed by atoms with van der Waals surface area (Å²) in [5.41, 5.74) is 0. The molecule has 0 bridgehead atoms. The van der Waals surface area contributed by atoms with Crippen LogP contribution >= 0.6 is 24.1 Å². The number of hydrogen-bond acceptors (Lipinski definition) is 6. The number of nitriles is 2. The van der Waals surface area contributed by atoms with Gasteiger partial charge in [-0.05, 0) is 12.5 Å². The van der Waals surface area contributed by atoms with Crippen molar-refractivity contribution in [1.82, 2.24) is 0 Å². The summed E-state index contributed by atoms with van der Waals surface area (Å²) < 4.78 is 7.70. The van der Waals surface area contributed by atoms with E-state index in [0.29, 0.717) is 12.3 Å². The van der Waals surface area contributed by atoms with Crippen LogP contribution < -0.4 is 0 Å². The Hall–Kier alpha value is -0.720. The summed E-state index contributed by atoms with van der Waals surface area (Å²) in [5.74, 6) is 0. The van der Waals surface area contributed by atoms with Crippen molar-refractivity contribution in [2.75, 3.05) is 12.5 Å². The predicted octanol–water partition coefficient (Wildman–Crippen LogP) is 1.52. The molecule has 0 unspecified atom stereocenters. The van der Waals surface area contributed by atoms with Crippen LogP contribution in [0.2, 0.25) is 0 Å². The molecule has 0 radical (unpaired) electrons. The van der Waals surface area contributed by atoms with Gasteiger partial charge in [-0.2, -0.15) is 11.8 Å². The van der Waals surface area contributed by atoms with Crippen LogP contribution in [0.5, 0.6) is 0 Å². The summed E-state index contributed by atoms with van der Waals surface area (Å²) in [6, 6.07) is 0. The van der Waals surface area contributed by atoms with Gasteiger partial charge in [0.15, 0.2) is 0 Å². The lowest BCUT2D eigenvalue weighted by Gasteiger charge is -1.79. The SMILES string of the molecule is CSC.N#COSOC#N. The highest BCUT2D eigenvalue weighted by atomic mass is 32.2. The largest absolute Gasteiger partial charge is 0.316 e. The van der Waals surface area contributed by atoms with Crippen LogP contribution in [0.25, 0.3) is 0 Å². The molecule has 0 saturated carbocycles. The topological polar surface area (TPSA) is 66.0 Å². The second-order valence-corrected chi connectivity index (χ2v) is 2.11.